The minimum Gasteiger partial charge on any atom is -0.347 e. The first-order chi connectivity index (χ1) is 11.8. The van der Waals surface area contributed by atoms with Crippen LogP contribution in [0.15, 0.2) is 0 Å². The molecule has 1 saturated heterocycles. The molecular formula is C21H41NO3. The first-order valence-corrected chi connectivity index (χ1v) is 10.5. The van der Waals surface area contributed by atoms with E-state index < -0.39 is 0 Å². The molecule has 1 aliphatic carbocycles. The Morgan fingerprint density at radius 3 is 2.44 bits per heavy atom. The van der Waals surface area contributed by atoms with E-state index in [9.17, 15) is 0 Å². The SMILES string of the molecule is CCON(CC)CCC1COC2(CCC(C(C)(C)CC(C)C)CC2)O1. The van der Waals surface area contributed by atoms with Crippen LogP contribution in [0.3, 0.4) is 0 Å². The van der Waals surface area contributed by atoms with Crippen LogP contribution < -0.4 is 0 Å². The van der Waals surface area contributed by atoms with Crippen molar-refractivity contribution in [3.63, 3.8) is 0 Å². The smallest absolute Gasteiger partial charge is 0.168 e. The van der Waals surface area contributed by atoms with Crippen molar-refractivity contribution in [2.45, 2.75) is 92.0 Å². The molecule has 0 aromatic heterocycles. The maximum Gasteiger partial charge on any atom is 0.168 e. The Balaban J connectivity index is 1.78. The Bertz CT molecular complexity index is 389. The van der Waals surface area contributed by atoms with Crippen molar-refractivity contribution in [2.24, 2.45) is 17.3 Å². The molecule has 0 bridgehead atoms. The summed E-state index contributed by atoms with van der Waals surface area (Å²) in [6.45, 7) is 17.0. The second-order valence-electron chi connectivity index (χ2n) is 9.05. The normalized spacial score (nSPS) is 30.7. The van der Waals surface area contributed by atoms with Crippen LogP contribution in [0.2, 0.25) is 0 Å². The molecule has 0 aromatic rings. The van der Waals surface area contributed by atoms with Gasteiger partial charge in [-0.05, 0) is 49.9 Å². The number of hydroxylamine groups is 2. The summed E-state index contributed by atoms with van der Waals surface area (Å²) in [5.74, 6) is 1.26. The van der Waals surface area contributed by atoms with Crippen molar-refractivity contribution in [3.05, 3.63) is 0 Å². The van der Waals surface area contributed by atoms with Gasteiger partial charge in [0.15, 0.2) is 5.79 Å². The van der Waals surface area contributed by atoms with Gasteiger partial charge in [0, 0.05) is 25.9 Å². The lowest BCUT2D eigenvalue weighted by molar-refractivity contribution is -0.201. The van der Waals surface area contributed by atoms with Gasteiger partial charge in [0.25, 0.3) is 0 Å². The molecule has 0 N–H and O–H groups in total. The Morgan fingerprint density at radius 1 is 1.20 bits per heavy atom. The highest BCUT2D eigenvalue weighted by Crippen LogP contribution is 2.48. The van der Waals surface area contributed by atoms with Crippen molar-refractivity contribution in [3.8, 4) is 0 Å². The van der Waals surface area contributed by atoms with Gasteiger partial charge in [-0.1, -0.05) is 34.6 Å². The lowest BCUT2D eigenvalue weighted by atomic mass is 9.66. The summed E-state index contributed by atoms with van der Waals surface area (Å²) in [6, 6.07) is 0. The molecular weight excluding hydrogens is 314 g/mol. The minimum atomic E-state index is -0.294. The topological polar surface area (TPSA) is 30.9 Å². The number of rotatable bonds is 9. The zero-order chi connectivity index (χ0) is 18.5. The molecule has 4 nitrogen and oxygen atoms in total. The standard InChI is InChI=1S/C21H41NO3/c1-7-22(24-8-2)14-11-19-16-23-21(25-19)12-9-18(10-13-21)20(5,6)15-17(3)4/h17-19H,7-16H2,1-6H3. The molecule has 0 radical (unpaired) electrons. The predicted octanol–water partition coefficient (Wildman–Crippen LogP) is 5.02. The van der Waals surface area contributed by atoms with Gasteiger partial charge in [-0.25, -0.2) is 0 Å². The number of hydrogen-bond donors (Lipinski definition) is 0. The summed E-state index contributed by atoms with van der Waals surface area (Å²) in [7, 11) is 0. The maximum absolute atomic E-state index is 6.40. The molecule has 2 aliphatic rings. The Kier molecular flexibility index (Phi) is 7.75. The van der Waals surface area contributed by atoms with Crippen molar-refractivity contribution < 1.29 is 14.3 Å². The molecule has 2 fully saturated rings. The van der Waals surface area contributed by atoms with Crippen molar-refractivity contribution in [1.82, 2.24) is 5.06 Å². The van der Waals surface area contributed by atoms with Gasteiger partial charge in [-0.15, -0.1) is 0 Å². The van der Waals surface area contributed by atoms with E-state index in [1.54, 1.807) is 0 Å². The second kappa shape index (κ2) is 9.16. The molecule has 1 saturated carbocycles. The first kappa shape index (κ1) is 21.1. The molecule has 148 valence electrons. The molecule has 4 heteroatoms. The minimum absolute atomic E-state index is 0.217. The summed E-state index contributed by atoms with van der Waals surface area (Å²) in [5.41, 5.74) is 0.424. The van der Waals surface area contributed by atoms with E-state index in [0.29, 0.717) is 5.41 Å². The molecule has 1 heterocycles. The van der Waals surface area contributed by atoms with Crippen LogP contribution in [0.25, 0.3) is 0 Å². The molecule has 1 atom stereocenters. The Hall–Kier alpha value is -0.160. The average molecular weight is 356 g/mol. The number of ether oxygens (including phenoxy) is 2. The lowest BCUT2D eigenvalue weighted by Crippen LogP contribution is -2.40. The van der Waals surface area contributed by atoms with Crippen LogP contribution >= 0.6 is 0 Å². The monoisotopic (exact) mass is 355 g/mol. The molecule has 1 aliphatic heterocycles. The van der Waals surface area contributed by atoms with Crippen LogP contribution in [-0.2, 0) is 14.3 Å². The Morgan fingerprint density at radius 2 is 1.88 bits per heavy atom. The van der Waals surface area contributed by atoms with Gasteiger partial charge < -0.3 is 9.47 Å². The first-order valence-electron chi connectivity index (χ1n) is 10.5. The van der Waals surface area contributed by atoms with E-state index in [1.165, 1.54) is 19.3 Å². The summed E-state index contributed by atoms with van der Waals surface area (Å²) < 4.78 is 12.6. The van der Waals surface area contributed by atoms with Gasteiger partial charge in [0.2, 0.25) is 0 Å². The largest absolute Gasteiger partial charge is 0.347 e. The van der Waals surface area contributed by atoms with Gasteiger partial charge in [-0.2, -0.15) is 5.06 Å². The van der Waals surface area contributed by atoms with Crippen LogP contribution in [0.4, 0.5) is 0 Å². The van der Waals surface area contributed by atoms with Crippen LogP contribution in [0.5, 0.6) is 0 Å². The van der Waals surface area contributed by atoms with E-state index in [0.717, 1.165) is 57.4 Å². The van der Waals surface area contributed by atoms with Gasteiger partial charge in [0.05, 0.1) is 19.3 Å². The van der Waals surface area contributed by atoms with Crippen molar-refractivity contribution >= 4 is 0 Å². The van der Waals surface area contributed by atoms with Gasteiger partial charge in [-0.3, -0.25) is 4.84 Å². The van der Waals surface area contributed by atoms with Gasteiger partial charge >= 0.3 is 0 Å². The summed E-state index contributed by atoms with van der Waals surface area (Å²) in [5, 5.41) is 2.03. The Labute approximate surface area is 155 Å². The molecule has 2 rings (SSSR count). The second-order valence-corrected chi connectivity index (χ2v) is 9.05. The highest BCUT2D eigenvalue weighted by molar-refractivity contribution is 4.90. The van der Waals surface area contributed by atoms with Gasteiger partial charge in [0.1, 0.15) is 0 Å². The molecule has 1 unspecified atom stereocenters. The molecule has 1 spiro atoms. The molecule has 0 aromatic carbocycles. The zero-order valence-corrected chi connectivity index (χ0v) is 17.5. The van der Waals surface area contributed by atoms with Crippen molar-refractivity contribution in [2.75, 3.05) is 26.3 Å². The average Bonchev–Trinajstić information content (AvgIpc) is 2.93. The maximum atomic E-state index is 6.40. The zero-order valence-electron chi connectivity index (χ0n) is 17.5. The third-order valence-corrected chi connectivity index (χ3v) is 6.07. The van der Waals surface area contributed by atoms with Crippen LogP contribution in [0.1, 0.15) is 80.1 Å². The fourth-order valence-electron chi connectivity index (χ4n) is 4.86. The van der Waals surface area contributed by atoms with E-state index in [2.05, 4.69) is 34.6 Å². The highest BCUT2D eigenvalue weighted by Gasteiger charge is 2.46. The predicted molar refractivity (Wildman–Crippen MR) is 102 cm³/mol. The summed E-state index contributed by atoms with van der Waals surface area (Å²) >= 11 is 0. The molecule has 0 amide bonds. The van der Waals surface area contributed by atoms with E-state index >= 15 is 0 Å². The fraction of sp³-hybridized carbons (Fsp3) is 1.00. The van der Waals surface area contributed by atoms with Crippen LogP contribution in [-0.4, -0.2) is 43.3 Å². The lowest BCUT2D eigenvalue weighted by Gasteiger charge is -2.43. The highest BCUT2D eigenvalue weighted by atomic mass is 16.7. The molecule has 25 heavy (non-hydrogen) atoms. The van der Waals surface area contributed by atoms with E-state index in [4.69, 9.17) is 14.3 Å². The van der Waals surface area contributed by atoms with E-state index in [-0.39, 0.29) is 11.9 Å². The third-order valence-electron chi connectivity index (χ3n) is 6.07. The summed E-state index contributed by atoms with van der Waals surface area (Å²) in [4.78, 5) is 5.61. The number of hydrogen-bond acceptors (Lipinski definition) is 4. The summed E-state index contributed by atoms with van der Waals surface area (Å²) in [6.07, 6.45) is 7.07. The van der Waals surface area contributed by atoms with E-state index in [1.807, 2.05) is 12.0 Å². The fourth-order valence-corrected chi connectivity index (χ4v) is 4.86. The third kappa shape index (κ3) is 5.92. The quantitative estimate of drug-likeness (QED) is 0.543. The number of nitrogens with zero attached hydrogens (tertiary/aromatic N) is 1. The van der Waals surface area contributed by atoms with Crippen molar-refractivity contribution in [1.29, 1.82) is 0 Å². The van der Waals surface area contributed by atoms with Crippen LogP contribution in [0, 0.1) is 17.3 Å².